The standard InChI is InChI=1S/C15H27N5O/c1-13(21)4-3-7-19-8-5-15(6-9-19)20-12-14(11-18-20)10-17-16-2/h11-12,15-17H,3-10H2,1-2H3. The van der Waals surface area contributed by atoms with Gasteiger partial charge in [0.2, 0.25) is 0 Å². The number of hydrazine groups is 1. The second-order valence-electron chi connectivity index (χ2n) is 5.81. The number of carbonyl (C=O) groups is 1. The van der Waals surface area contributed by atoms with E-state index in [1.807, 2.05) is 13.2 Å². The molecule has 2 rings (SSSR count). The minimum Gasteiger partial charge on any atom is -0.303 e. The molecule has 0 aromatic carbocycles. The van der Waals surface area contributed by atoms with Crippen LogP contribution in [-0.2, 0) is 11.3 Å². The van der Waals surface area contributed by atoms with Crippen LogP contribution in [0, 0.1) is 0 Å². The molecule has 0 unspecified atom stereocenters. The first-order chi connectivity index (χ1) is 10.2. The average molecular weight is 293 g/mol. The number of Topliss-reactive ketones (excluding diaryl/α,β-unsaturated/α-hetero) is 1. The molecule has 1 aromatic heterocycles. The van der Waals surface area contributed by atoms with E-state index in [1.165, 1.54) is 5.56 Å². The van der Waals surface area contributed by atoms with Gasteiger partial charge in [0.15, 0.2) is 0 Å². The van der Waals surface area contributed by atoms with E-state index in [0.29, 0.717) is 18.2 Å². The Morgan fingerprint density at radius 1 is 1.43 bits per heavy atom. The van der Waals surface area contributed by atoms with Gasteiger partial charge in [0.1, 0.15) is 5.78 Å². The lowest BCUT2D eigenvalue weighted by Crippen LogP contribution is -2.35. The highest BCUT2D eigenvalue weighted by Gasteiger charge is 2.20. The lowest BCUT2D eigenvalue weighted by atomic mass is 10.0. The summed E-state index contributed by atoms with van der Waals surface area (Å²) in [5, 5.41) is 4.49. The highest BCUT2D eigenvalue weighted by molar-refractivity contribution is 5.75. The molecule has 0 amide bonds. The van der Waals surface area contributed by atoms with E-state index in [-0.39, 0.29) is 0 Å². The summed E-state index contributed by atoms with van der Waals surface area (Å²) in [6, 6.07) is 0.511. The van der Waals surface area contributed by atoms with Crippen LogP contribution in [0.4, 0.5) is 0 Å². The van der Waals surface area contributed by atoms with E-state index < -0.39 is 0 Å². The van der Waals surface area contributed by atoms with Crippen LogP contribution in [0.3, 0.4) is 0 Å². The second-order valence-corrected chi connectivity index (χ2v) is 5.81. The number of nitrogens with zero attached hydrogens (tertiary/aromatic N) is 3. The van der Waals surface area contributed by atoms with Gasteiger partial charge in [0.25, 0.3) is 0 Å². The molecular weight excluding hydrogens is 266 g/mol. The topological polar surface area (TPSA) is 62.2 Å². The lowest BCUT2D eigenvalue weighted by Gasteiger charge is -2.31. The van der Waals surface area contributed by atoms with E-state index in [2.05, 4.69) is 31.7 Å². The van der Waals surface area contributed by atoms with Gasteiger partial charge < -0.3 is 9.69 Å². The summed E-state index contributed by atoms with van der Waals surface area (Å²) in [5.74, 6) is 0.295. The largest absolute Gasteiger partial charge is 0.303 e. The molecule has 0 radical (unpaired) electrons. The van der Waals surface area contributed by atoms with Gasteiger partial charge in [-0.1, -0.05) is 0 Å². The third-order valence-electron chi connectivity index (χ3n) is 4.06. The molecule has 2 N–H and O–H groups in total. The van der Waals surface area contributed by atoms with Gasteiger partial charge in [-0.15, -0.1) is 0 Å². The molecule has 0 spiro atoms. The van der Waals surface area contributed by atoms with Crippen molar-refractivity contribution in [3.8, 4) is 0 Å². The fraction of sp³-hybridized carbons (Fsp3) is 0.733. The molecule has 1 aliphatic rings. The van der Waals surface area contributed by atoms with Gasteiger partial charge in [-0.25, -0.2) is 0 Å². The predicted octanol–water partition coefficient (Wildman–Crippen LogP) is 1.11. The molecule has 6 heteroatoms. The normalized spacial score (nSPS) is 17.2. The number of carbonyl (C=O) groups excluding carboxylic acids is 1. The van der Waals surface area contributed by atoms with Crippen molar-refractivity contribution in [1.29, 1.82) is 0 Å². The Bertz CT molecular complexity index is 437. The van der Waals surface area contributed by atoms with Gasteiger partial charge in [-0.3, -0.25) is 15.5 Å². The Balaban J connectivity index is 1.73. The summed E-state index contributed by atoms with van der Waals surface area (Å²) in [6.07, 6.45) is 8.05. The van der Waals surface area contributed by atoms with Crippen molar-refractivity contribution in [2.24, 2.45) is 0 Å². The van der Waals surface area contributed by atoms with Crippen LogP contribution >= 0.6 is 0 Å². The summed E-state index contributed by atoms with van der Waals surface area (Å²) in [6.45, 7) is 5.71. The van der Waals surface area contributed by atoms with E-state index >= 15 is 0 Å². The van der Waals surface area contributed by atoms with Crippen LogP contribution in [0.1, 0.15) is 44.2 Å². The number of piperidine rings is 1. The highest BCUT2D eigenvalue weighted by atomic mass is 16.1. The van der Waals surface area contributed by atoms with Crippen LogP contribution in [0.2, 0.25) is 0 Å². The third-order valence-corrected chi connectivity index (χ3v) is 4.06. The smallest absolute Gasteiger partial charge is 0.129 e. The molecule has 0 saturated carbocycles. The van der Waals surface area contributed by atoms with Crippen LogP contribution < -0.4 is 10.9 Å². The van der Waals surface area contributed by atoms with E-state index in [4.69, 9.17) is 0 Å². The first-order valence-electron chi connectivity index (χ1n) is 7.83. The van der Waals surface area contributed by atoms with Crippen molar-refractivity contribution in [1.82, 2.24) is 25.5 Å². The van der Waals surface area contributed by atoms with Crippen molar-refractivity contribution >= 4 is 5.78 Å². The molecule has 1 aromatic rings. The Morgan fingerprint density at radius 2 is 2.19 bits per heavy atom. The highest BCUT2D eigenvalue weighted by Crippen LogP contribution is 2.22. The zero-order valence-corrected chi connectivity index (χ0v) is 13.1. The summed E-state index contributed by atoms with van der Waals surface area (Å²) < 4.78 is 2.11. The van der Waals surface area contributed by atoms with E-state index in [9.17, 15) is 4.79 Å². The number of hydrogen-bond donors (Lipinski definition) is 2. The maximum atomic E-state index is 11.0. The Labute approximate surface area is 126 Å². The molecule has 1 aliphatic heterocycles. The van der Waals surface area contributed by atoms with Crippen molar-refractivity contribution in [2.45, 2.75) is 45.2 Å². The van der Waals surface area contributed by atoms with Gasteiger partial charge >= 0.3 is 0 Å². The fourth-order valence-corrected chi connectivity index (χ4v) is 2.82. The minimum absolute atomic E-state index is 0.295. The summed E-state index contributed by atoms with van der Waals surface area (Å²) >= 11 is 0. The fourth-order valence-electron chi connectivity index (χ4n) is 2.82. The summed E-state index contributed by atoms with van der Waals surface area (Å²) in [4.78, 5) is 13.4. The molecule has 1 saturated heterocycles. The monoisotopic (exact) mass is 293 g/mol. The van der Waals surface area contributed by atoms with Gasteiger partial charge in [-0.05, 0) is 39.8 Å². The number of hydrogen-bond acceptors (Lipinski definition) is 5. The Kier molecular flexibility index (Phi) is 6.35. The van der Waals surface area contributed by atoms with Crippen LogP contribution in [0.5, 0.6) is 0 Å². The van der Waals surface area contributed by atoms with Gasteiger partial charge in [0.05, 0.1) is 12.2 Å². The predicted molar refractivity (Wildman–Crippen MR) is 82.8 cm³/mol. The van der Waals surface area contributed by atoms with Gasteiger partial charge in [0, 0.05) is 37.8 Å². The number of rotatable bonds is 8. The zero-order chi connectivity index (χ0) is 15.1. The summed E-state index contributed by atoms with van der Waals surface area (Å²) in [5.41, 5.74) is 7.20. The second kappa shape index (κ2) is 8.26. The maximum absolute atomic E-state index is 11.0. The molecule has 2 heterocycles. The van der Waals surface area contributed by atoms with E-state index in [0.717, 1.165) is 45.4 Å². The quantitative estimate of drug-likeness (QED) is 0.703. The molecule has 1 fully saturated rings. The first-order valence-corrected chi connectivity index (χ1v) is 7.83. The lowest BCUT2D eigenvalue weighted by molar-refractivity contribution is -0.117. The third kappa shape index (κ3) is 5.22. The SMILES string of the molecule is CNNCc1cnn(C2CCN(CCCC(C)=O)CC2)c1. The van der Waals surface area contributed by atoms with E-state index in [1.54, 1.807) is 6.92 Å². The summed E-state index contributed by atoms with van der Waals surface area (Å²) in [7, 11) is 1.87. The van der Waals surface area contributed by atoms with Crippen LogP contribution in [0.25, 0.3) is 0 Å². The molecule has 6 nitrogen and oxygen atoms in total. The minimum atomic E-state index is 0.295. The van der Waals surface area contributed by atoms with Crippen LogP contribution in [0.15, 0.2) is 12.4 Å². The van der Waals surface area contributed by atoms with Crippen molar-refractivity contribution < 1.29 is 4.79 Å². The molecule has 0 atom stereocenters. The van der Waals surface area contributed by atoms with Crippen molar-refractivity contribution in [3.05, 3.63) is 18.0 Å². The molecule has 0 bridgehead atoms. The first kappa shape index (κ1) is 16.1. The Hall–Kier alpha value is -1.24. The Morgan fingerprint density at radius 3 is 2.86 bits per heavy atom. The van der Waals surface area contributed by atoms with Gasteiger partial charge in [-0.2, -0.15) is 5.10 Å². The molecular formula is C15H27N5O. The molecule has 21 heavy (non-hydrogen) atoms. The van der Waals surface area contributed by atoms with Crippen molar-refractivity contribution in [2.75, 3.05) is 26.7 Å². The zero-order valence-electron chi connectivity index (χ0n) is 13.1. The number of likely N-dealkylation sites (tertiary alicyclic amines) is 1. The van der Waals surface area contributed by atoms with Crippen LogP contribution in [-0.4, -0.2) is 47.1 Å². The number of ketones is 1. The molecule has 118 valence electrons. The van der Waals surface area contributed by atoms with Crippen molar-refractivity contribution in [3.63, 3.8) is 0 Å². The average Bonchev–Trinajstić information content (AvgIpc) is 2.94. The number of nitrogens with one attached hydrogen (secondary N) is 2. The maximum Gasteiger partial charge on any atom is 0.129 e. The molecule has 0 aliphatic carbocycles. The number of aromatic nitrogens is 2.